The van der Waals surface area contributed by atoms with Crippen LogP contribution in [0.5, 0.6) is 5.75 Å². The summed E-state index contributed by atoms with van der Waals surface area (Å²) in [6.07, 6.45) is 0. The molecule has 0 radical (unpaired) electrons. The number of nitriles is 1. The second-order valence-corrected chi connectivity index (χ2v) is 3.73. The topological polar surface area (TPSA) is 33.0 Å². The number of thiophene rings is 1. The minimum atomic E-state index is -0.434. The van der Waals surface area contributed by atoms with Crippen molar-refractivity contribution in [3.05, 3.63) is 28.9 Å². The van der Waals surface area contributed by atoms with Crippen LogP contribution < -0.4 is 4.74 Å². The Hall–Kier alpha value is -1.60. The van der Waals surface area contributed by atoms with E-state index in [9.17, 15) is 4.39 Å². The lowest BCUT2D eigenvalue weighted by molar-refractivity contribution is 0.415. The Balaban J connectivity index is 2.76. The number of methoxy groups -OCH3 is 1. The maximum Gasteiger partial charge on any atom is 0.195 e. The third kappa shape index (κ3) is 1.22. The van der Waals surface area contributed by atoms with Crippen LogP contribution in [0.1, 0.15) is 5.56 Å². The zero-order valence-corrected chi connectivity index (χ0v) is 8.19. The molecule has 0 atom stereocenters. The molecule has 0 aliphatic carbocycles. The molecule has 0 N–H and O–H groups in total. The number of hydrogen-bond acceptors (Lipinski definition) is 3. The van der Waals surface area contributed by atoms with Crippen molar-refractivity contribution < 1.29 is 9.13 Å². The van der Waals surface area contributed by atoms with Crippen molar-refractivity contribution in [1.29, 1.82) is 5.26 Å². The van der Waals surface area contributed by atoms with Gasteiger partial charge in [-0.2, -0.15) is 9.65 Å². The maximum atomic E-state index is 13.2. The first-order valence-corrected chi connectivity index (χ1v) is 4.74. The fourth-order valence-electron chi connectivity index (χ4n) is 1.28. The van der Waals surface area contributed by atoms with Gasteiger partial charge < -0.3 is 4.74 Å². The minimum absolute atomic E-state index is 0.118. The van der Waals surface area contributed by atoms with E-state index in [0.717, 1.165) is 16.0 Å². The van der Waals surface area contributed by atoms with Gasteiger partial charge >= 0.3 is 0 Å². The van der Waals surface area contributed by atoms with Crippen LogP contribution in [0.2, 0.25) is 0 Å². The van der Waals surface area contributed by atoms with E-state index in [2.05, 4.69) is 0 Å². The fourth-order valence-corrected chi connectivity index (χ4v) is 2.18. The molecule has 0 amide bonds. The van der Waals surface area contributed by atoms with Crippen LogP contribution >= 0.6 is 11.3 Å². The Bertz CT molecular complexity index is 527. The Kier molecular flexibility index (Phi) is 2.10. The van der Waals surface area contributed by atoms with Gasteiger partial charge in [0.1, 0.15) is 17.4 Å². The number of rotatable bonds is 1. The molecule has 0 aliphatic rings. The SMILES string of the molecule is COc1ccc2c(C#N)c(F)sc2c1. The first-order chi connectivity index (χ1) is 6.76. The first-order valence-electron chi connectivity index (χ1n) is 3.92. The molecule has 70 valence electrons. The van der Waals surface area contributed by atoms with Gasteiger partial charge in [0.25, 0.3) is 0 Å². The van der Waals surface area contributed by atoms with Gasteiger partial charge in [0.2, 0.25) is 0 Å². The first kappa shape index (κ1) is 8.97. The van der Waals surface area contributed by atoms with E-state index in [1.54, 1.807) is 25.3 Å². The van der Waals surface area contributed by atoms with Gasteiger partial charge in [-0.05, 0) is 18.2 Å². The predicted octanol–water partition coefficient (Wildman–Crippen LogP) is 2.92. The van der Waals surface area contributed by atoms with Gasteiger partial charge in [0, 0.05) is 10.1 Å². The average Bonchev–Trinajstić information content (AvgIpc) is 2.51. The van der Waals surface area contributed by atoms with Crippen molar-refractivity contribution in [2.45, 2.75) is 0 Å². The van der Waals surface area contributed by atoms with Crippen LogP contribution in [-0.2, 0) is 0 Å². The van der Waals surface area contributed by atoms with Gasteiger partial charge in [-0.25, -0.2) is 0 Å². The molecule has 1 aromatic heterocycles. The van der Waals surface area contributed by atoms with E-state index in [1.165, 1.54) is 0 Å². The van der Waals surface area contributed by atoms with Gasteiger partial charge in [-0.15, -0.1) is 11.3 Å². The predicted molar refractivity (Wildman–Crippen MR) is 53.1 cm³/mol. The fraction of sp³-hybridized carbons (Fsp3) is 0.100. The monoisotopic (exact) mass is 207 g/mol. The second-order valence-electron chi connectivity index (χ2n) is 2.72. The Morgan fingerprint density at radius 2 is 2.29 bits per heavy atom. The zero-order chi connectivity index (χ0) is 10.1. The van der Waals surface area contributed by atoms with Crippen molar-refractivity contribution in [2.75, 3.05) is 7.11 Å². The molecule has 0 fully saturated rings. The quantitative estimate of drug-likeness (QED) is 0.720. The molecular weight excluding hydrogens is 201 g/mol. The lowest BCUT2D eigenvalue weighted by atomic mass is 10.2. The lowest BCUT2D eigenvalue weighted by Crippen LogP contribution is -1.80. The van der Waals surface area contributed by atoms with E-state index >= 15 is 0 Å². The summed E-state index contributed by atoms with van der Waals surface area (Å²) in [6, 6.07) is 6.99. The molecule has 0 unspecified atom stereocenters. The van der Waals surface area contributed by atoms with Crippen molar-refractivity contribution in [3.63, 3.8) is 0 Å². The summed E-state index contributed by atoms with van der Waals surface area (Å²) in [5, 5.41) is 8.93. The second kappa shape index (κ2) is 3.28. The molecule has 0 saturated heterocycles. The molecule has 1 aromatic carbocycles. The van der Waals surface area contributed by atoms with Crippen LogP contribution in [0.25, 0.3) is 10.1 Å². The van der Waals surface area contributed by atoms with Crippen LogP contribution in [0, 0.1) is 16.5 Å². The number of benzene rings is 1. The molecular formula is C10H6FNOS. The van der Waals surface area contributed by atoms with Crippen LogP contribution in [0.4, 0.5) is 4.39 Å². The molecule has 1 heterocycles. The third-order valence-electron chi connectivity index (χ3n) is 1.97. The number of hydrogen-bond donors (Lipinski definition) is 0. The highest BCUT2D eigenvalue weighted by Gasteiger charge is 2.11. The van der Waals surface area contributed by atoms with Gasteiger partial charge in [0.05, 0.1) is 7.11 Å². The van der Waals surface area contributed by atoms with E-state index in [1.807, 2.05) is 6.07 Å². The smallest absolute Gasteiger partial charge is 0.195 e. The Morgan fingerprint density at radius 3 is 2.93 bits per heavy atom. The van der Waals surface area contributed by atoms with Gasteiger partial charge in [-0.3, -0.25) is 0 Å². The number of ether oxygens (including phenoxy) is 1. The summed E-state index contributed by atoms with van der Waals surface area (Å²) in [7, 11) is 1.55. The van der Waals surface area contributed by atoms with Gasteiger partial charge in [0.15, 0.2) is 5.13 Å². The molecule has 0 aliphatic heterocycles. The zero-order valence-electron chi connectivity index (χ0n) is 7.37. The van der Waals surface area contributed by atoms with Gasteiger partial charge in [-0.1, -0.05) is 0 Å². The van der Waals surface area contributed by atoms with Crippen LogP contribution in [-0.4, -0.2) is 7.11 Å². The summed E-state index contributed by atoms with van der Waals surface area (Å²) in [4.78, 5) is 0. The summed E-state index contributed by atoms with van der Waals surface area (Å²) in [5.74, 6) is 0.670. The van der Waals surface area contributed by atoms with E-state index in [-0.39, 0.29) is 5.56 Å². The maximum absolute atomic E-state index is 13.2. The van der Waals surface area contributed by atoms with Crippen molar-refractivity contribution in [1.82, 2.24) is 0 Å². The number of nitrogens with zero attached hydrogens (tertiary/aromatic N) is 1. The van der Waals surface area contributed by atoms with Crippen LogP contribution in [0.3, 0.4) is 0 Å². The highest BCUT2D eigenvalue weighted by molar-refractivity contribution is 7.17. The third-order valence-corrected chi connectivity index (χ3v) is 2.91. The van der Waals surface area contributed by atoms with E-state index < -0.39 is 5.13 Å². The molecule has 14 heavy (non-hydrogen) atoms. The van der Waals surface area contributed by atoms with Crippen molar-refractivity contribution in [3.8, 4) is 11.8 Å². The normalized spacial score (nSPS) is 10.1. The van der Waals surface area contributed by atoms with Crippen molar-refractivity contribution in [2.24, 2.45) is 0 Å². The Labute approximate surface area is 84.2 Å². The molecule has 0 spiro atoms. The number of fused-ring (bicyclic) bond motifs is 1. The summed E-state index contributed by atoms with van der Waals surface area (Å²) >= 11 is 0.964. The minimum Gasteiger partial charge on any atom is -0.497 e. The number of halogens is 1. The van der Waals surface area contributed by atoms with E-state index in [0.29, 0.717) is 11.1 Å². The molecule has 0 saturated carbocycles. The molecule has 2 aromatic rings. The molecule has 2 rings (SSSR count). The summed E-state index contributed by atoms with van der Waals surface area (Å²) in [6.45, 7) is 0. The highest BCUT2D eigenvalue weighted by Crippen LogP contribution is 2.31. The highest BCUT2D eigenvalue weighted by atomic mass is 32.1. The van der Waals surface area contributed by atoms with Crippen LogP contribution in [0.15, 0.2) is 18.2 Å². The molecule has 4 heteroatoms. The van der Waals surface area contributed by atoms with Crippen molar-refractivity contribution >= 4 is 21.4 Å². The van der Waals surface area contributed by atoms with E-state index in [4.69, 9.17) is 10.00 Å². The molecule has 0 bridgehead atoms. The lowest BCUT2D eigenvalue weighted by Gasteiger charge is -1.97. The summed E-state index contributed by atoms with van der Waals surface area (Å²) in [5.41, 5.74) is 0.118. The largest absolute Gasteiger partial charge is 0.497 e. The average molecular weight is 207 g/mol. The standard InChI is InChI=1S/C10H6FNOS/c1-13-6-2-3-7-8(5-12)10(11)14-9(7)4-6/h2-4H,1H3. The molecule has 2 nitrogen and oxygen atoms in total. The Morgan fingerprint density at radius 1 is 1.50 bits per heavy atom. The summed E-state index contributed by atoms with van der Waals surface area (Å²) < 4.78 is 18.9.